The van der Waals surface area contributed by atoms with Crippen molar-refractivity contribution in [3.63, 3.8) is 0 Å². The number of nitrogens with one attached hydrogen (secondary N) is 2. The van der Waals surface area contributed by atoms with Gasteiger partial charge < -0.3 is 41.2 Å². The monoisotopic (exact) mass is 796 g/mol. The second kappa shape index (κ2) is 14.4. The second-order valence-electron chi connectivity index (χ2n) is 12.1. The molecule has 24 heteroatoms. The molecule has 3 aliphatic rings. The van der Waals surface area contributed by atoms with Crippen molar-refractivity contribution in [2.24, 2.45) is 11.1 Å². The van der Waals surface area contributed by atoms with Gasteiger partial charge in [-0.2, -0.15) is 0 Å². The van der Waals surface area contributed by atoms with Crippen molar-refractivity contribution in [3.05, 3.63) is 33.8 Å². The summed E-state index contributed by atoms with van der Waals surface area (Å²) in [4.78, 5) is 111. The van der Waals surface area contributed by atoms with E-state index in [2.05, 4.69) is 20.9 Å². The van der Waals surface area contributed by atoms with Crippen molar-refractivity contribution >= 4 is 92.8 Å². The van der Waals surface area contributed by atoms with Gasteiger partial charge >= 0.3 is 24.0 Å². The molecule has 0 bridgehead atoms. The van der Waals surface area contributed by atoms with Crippen LogP contribution in [-0.2, 0) is 28.8 Å². The zero-order valence-corrected chi connectivity index (χ0v) is 29.8. The molecule has 5 rings (SSSR count). The third-order valence-electron chi connectivity index (χ3n) is 8.28. The molecule has 21 nitrogen and oxygen atoms in total. The van der Waals surface area contributed by atoms with E-state index in [0.717, 1.165) is 45.1 Å². The van der Waals surface area contributed by atoms with Crippen molar-refractivity contribution in [2.75, 3.05) is 31.9 Å². The van der Waals surface area contributed by atoms with Crippen LogP contribution in [0.3, 0.4) is 0 Å². The number of hydrogen-bond donors (Lipinski definition) is 7. The standard InChI is InChI=1S/C29H29ClN8O13S2/c1-28(2,23(45)46)51-35-18(13-9-52-25(31)33-13)15(40)7-12-21(44)36-10-29(24(47)48,53-22(12)36)37-5-6-38(27(37)50)34-26(49)32-8-16(41)19(42)11-3-4-14(39)20(43)17(11)30/h3-4,9,12,22,39,43H,5-8,10H2,1-2H3,(H2,31,33)(H,45,46)(H,47,48)(H2,32,34,49)/b35-18-/t12?,22-,29-/m1/s1. The number of ketones is 3. The maximum absolute atomic E-state index is 13.5. The van der Waals surface area contributed by atoms with Crippen molar-refractivity contribution in [3.8, 4) is 11.5 Å². The predicted molar refractivity (Wildman–Crippen MR) is 182 cm³/mol. The number of anilines is 1. The third-order valence-corrected chi connectivity index (χ3v) is 11.1. The molecule has 0 radical (unpaired) electrons. The van der Waals surface area contributed by atoms with Crippen molar-refractivity contribution in [1.82, 2.24) is 30.5 Å². The highest BCUT2D eigenvalue weighted by atomic mass is 35.5. The number of nitrogens with two attached hydrogens (primary N) is 1. The van der Waals surface area contributed by atoms with Gasteiger partial charge in [0.2, 0.25) is 27.9 Å². The highest BCUT2D eigenvalue weighted by Gasteiger charge is 2.66. The van der Waals surface area contributed by atoms with Crippen LogP contribution in [0.15, 0.2) is 22.7 Å². The molecule has 1 aromatic carbocycles. The molecule has 3 aliphatic heterocycles. The number of aliphatic carboxylic acids is 2. The number of aromatic nitrogens is 1. The van der Waals surface area contributed by atoms with Gasteiger partial charge in [-0.3, -0.25) is 24.1 Å². The molecule has 2 aromatic rings. The summed E-state index contributed by atoms with van der Waals surface area (Å²) in [5.41, 5.74) is 5.15. The third kappa shape index (κ3) is 7.21. The molecule has 0 spiro atoms. The molecular formula is C29H29ClN8O13S2. The summed E-state index contributed by atoms with van der Waals surface area (Å²) in [7, 11) is 0. The summed E-state index contributed by atoms with van der Waals surface area (Å²) >= 11 is 7.52. The average Bonchev–Trinajstić information content (AvgIpc) is 3.80. The number of rotatable bonds is 14. The quantitative estimate of drug-likeness (QED) is 0.0332. The molecule has 3 fully saturated rings. The van der Waals surface area contributed by atoms with Gasteiger partial charge in [0.15, 0.2) is 28.1 Å². The molecule has 3 saturated heterocycles. The Kier molecular flexibility index (Phi) is 10.5. The number of fused-ring (bicyclic) bond motifs is 1. The van der Waals surface area contributed by atoms with Crippen LogP contribution in [0.1, 0.15) is 36.3 Å². The topological polar surface area (TPSA) is 312 Å². The molecule has 5 amide bonds. The lowest BCUT2D eigenvalue weighted by molar-refractivity contribution is -0.161. The van der Waals surface area contributed by atoms with Crippen LogP contribution >= 0.6 is 34.7 Å². The van der Waals surface area contributed by atoms with Gasteiger partial charge in [-0.05, 0) is 26.0 Å². The van der Waals surface area contributed by atoms with E-state index in [4.69, 9.17) is 22.2 Å². The number of carboxylic acid groups (broad SMARTS) is 2. The van der Waals surface area contributed by atoms with Crippen LogP contribution in [0.2, 0.25) is 5.02 Å². The number of urea groups is 2. The Morgan fingerprint density at radius 2 is 1.83 bits per heavy atom. The van der Waals surface area contributed by atoms with Gasteiger partial charge in [0.1, 0.15) is 5.69 Å². The minimum atomic E-state index is -2.03. The number of nitrogens with zero attached hydrogens (tertiary/aromatic N) is 5. The number of thiazole rings is 1. The number of phenols is 2. The molecule has 1 unspecified atom stereocenters. The number of amides is 5. The van der Waals surface area contributed by atoms with Gasteiger partial charge in [0, 0.05) is 23.9 Å². The highest BCUT2D eigenvalue weighted by molar-refractivity contribution is 8.02. The summed E-state index contributed by atoms with van der Waals surface area (Å²) in [6.45, 7) is 0.618. The number of nitrogen functional groups attached to an aromatic ring is 1. The van der Waals surface area contributed by atoms with E-state index < -0.39 is 116 Å². The summed E-state index contributed by atoms with van der Waals surface area (Å²) in [5, 5.41) is 45.5. The number of carbonyl (C=O) groups is 8. The second-order valence-corrected chi connectivity index (χ2v) is 14.8. The van der Waals surface area contributed by atoms with E-state index in [1.165, 1.54) is 24.1 Å². The van der Waals surface area contributed by atoms with Crippen LogP contribution in [0, 0.1) is 5.92 Å². The zero-order valence-electron chi connectivity index (χ0n) is 27.4. The van der Waals surface area contributed by atoms with E-state index >= 15 is 0 Å². The average molecular weight is 797 g/mol. The summed E-state index contributed by atoms with van der Waals surface area (Å²) in [6.07, 6.45) is -0.501. The Morgan fingerprint density at radius 3 is 2.45 bits per heavy atom. The van der Waals surface area contributed by atoms with E-state index in [-0.39, 0.29) is 23.9 Å². The minimum Gasteiger partial charge on any atom is -0.504 e. The van der Waals surface area contributed by atoms with Gasteiger partial charge in [-0.25, -0.2) is 34.6 Å². The first kappa shape index (κ1) is 38.5. The first-order valence-corrected chi connectivity index (χ1v) is 17.3. The molecule has 0 aliphatic carbocycles. The molecule has 282 valence electrons. The van der Waals surface area contributed by atoms with E-state index in [1.807, 2.05) is 0 Å². The van der Waals surface area contributed by atoms with Gasteiger partial charge in [-0.15, -0.1) is 11.3 Å². The number of hydrogen-bond acceptors (Lipinski definition) is 16. The zero-order chi connectivity index (χ0) is 39.2. The Labute approximate surface area is 310 Å². The maximum Gasteiger partial charge on any atom is 0.350 e. The fourth-order valence-electron chi connectivity index (χ4n) is 5.34. The SMILES string of the molecule is CC(C)(O/N=C(\C(=O)CC1C(=O)N2C[C@@](C(=O)O)(N3CCN(NC(=O)NCC(=O)C(=O)c4ccc(O)c(O)c4Cl)C3=O)S[C@H]12)c1csc(N)n1)C(=O)O. The minimum absolute atomic E-state index is 0.0291. The molecule has 8 N–H and O–H groups in total. The van der Waals surface area contributed by atoms with Gasteiger partial charge in [0.05, 0.1) is 35.9 Å². The number of carboxylic acids is 2. The van der Waals surface area contributed by atoms with Crippen molar-refractivity contribution < 1.29 is 63.6 Å². The largest absolute Gasteiger partial charge is 0.504 e. The fraction of sp³-hybridized carbons (Fsp3) is 0.379. The molecule has 1 aromatic heterocycles. The van der Waals surface area contributed by atoms with Crippen LogP contribution < -0.4 is 16.5 Å². The molecule has 53 heavy (non-hydrogen) atoms. The Bertz CT molecular complexity index is 1990. The number of aromatic hydroxyl groups is 2. The number of β-lactam (4-membered cyclic amide) rings is 1. The van der Waals surface area contributed by atoms with Gasteiger partial charge in [0.25, 0.3) is 0 Å². The van der Waals surface area contributed by atoms with Crippen LogP contribution in [0.25, 0.3) is 0 Å². The maximum atomic E-state index is 13.5. The number of thioether (sulfide) groups is 1. The fourth-order valence-corrected chi connectivity index (χ4v) is 7.82. The lowest BCUT2D eigenvalue weighted by atomic mass is 9.90. The van der Waals surface area contributed by atoms with Crippen LogP contribution in [0.4, 0.5) is 14.7 Å². The lowest BCUT2D eigenvalue weighted by Crippen LogP contribution is -2.60. The molecule has 0 saturated carbocycles. The number of hydrazine groups is 1. The van der Waals surface area contributed by atoms with Gasteiger partial charge in [-0.1, -0.05) is 28.5 Å². The number of carbonyl (C=O) groups excluding carboxylic acids is 6. The van der Waals surface area contributed by atoms with E-state index in [0.29, 0.717) is 0 Å². The van der Waals surface area contributed by atoms with E-state index in [9.17, 15) is 58.8 Å². The Hall–Kier alpha value is -5.68. The molecule has 3 atom stereocenters. The summed E-state index contributed by atoms with van der Waals surface area (Å²) in [6, 6.07) is -0.153. The number of phenolic OH excluding ortho intramolecular Hbond substituents is 2. The predicted octanol–water partition coefficient (Wildman–Crippen LogP) is 0.0490. The normalized spacial score (nSPS) is 21.2. The number of oxime groups is 1. The van der Waals surface area contributed by atoms with Crippen molar-refractivity contribution in [2.45, 2.75) is 36.1 Å². The first-order valence-electron chi connectivity index (χ1n) is 15.2. The Balaban J connectivity index is 1.22. The number of halogens is 1. The molecule has 4 heterocycles. The number of Topliss-reactive ketones (excluding diaryl/α,β-unsaturated/α-hetero) is 3. The summed E-state index contributed by atoms with van der Waals surface area (Å²) in [5.74, 6) is -9.10. The van der Waals surface area contributed by atoms with E-state index in [1.54, 1.807) is 0 Å². The number of benzene rings is 1. The highest BCUT2D eigenvalue weighted by Crippen LogP contribution is 2.52. The van der Waals surface area contributed by atoms with Crippen LogP contribution in [0.5, 0.6) is 11.5 Å². The van der Waals surface area contributed by atoms with Crippen LogP contribution in [-0.4, -0.2) is 135 Å². The lowest BCUT2D eigenvalue weighted by Gasteiger charge is -2.40. The summed E-state index contributed by atoms with van der Waals surface area (Å²) < 4.78 is 0. The smallest absolute Gasteiger partial charge is 0.350 e. The molecular weight excluding hydrogens is 768 g/mol. The Morgan fingerprint density at radius 1 is 1.13 bits per heavy atom. The first-order chi connectivity index (χ1) is 24.8. The van der Waals surface area contributed by atoms with Crippen molar-refractivity contribution in [1.29, 1.82) is 0 Å².